The number of aromatic nitrogens is 2. The minimum atomic E-state index is 0.271. The van der Waals surface area contributed by atoms with Crippen molar-refractivity contribution in [2.45, 2.75) is 24.5 Å². The monoisotopic (exact) mass is 289 g/mol. The molecule has 0 aliphatic carbocycles. The second-order valence-corrected chi connectivity index (χ2v) is 5.28. The van der Waals surface area contributed by atoms with Crippen molar-refractivity contribution in [2.75, 3.05) is 17.0 Å². The van der Waals surface area contributed by atoms with Gasteiger partial charge in [-0.05, 0) is 25.2 Å². The molecule has 0 aliphatic heterocycles. The molecule has 6 heteroatoms. The van der Waals surface area contributed by atoms with Crippen molar-refractivity contribution in [3.8, 4) is 0 Å². The van der Waals surface area contributed by atoms with Gasteiger partial charge in [0.25, 0.3) is 0 Å². The SMILES string of the molecule is CSc1nc(NN)cc(NC(C)Cc2ccccc2)n1. The van der Waals surface area contributed by atoms with Crippen molar-refractivity contribution in [1.29, 1.82) is 0 Å². The molecule has 0 bridgehead atoms. The predicted molar refractivity (Wildman–Crippen MR) is 84.9 cm³/mol. The first-order chi connectivity index (χ1) is 9.71. The number of nitrogens with one attached hydrogen (secondary N) is 2. The zero-order chi connectivity index (χ0) is 14.4. The number of thioether (sulfide) groups is 1. The zero-order valence-corrected chi connectivity index (χ0v) is 12.4. The predicted octanol–water partition coefficient (Wildman–Crippen LogP) is 2.53. The van der Waals surface area contributed by atoms with Gasteiger partial charge in [-0.1, -0.05) is 42.1 Å². The molecule has 0 radical (unpaired) electrons. The molecule has 0 fully saturated rings. The van der Waals surface area contributed by atoms with Crippen molar-refractivity contribution in [3.05, 3.63) is 42.0 Å². The standard InChI is InChI=1S/C14H19N5S/c1-10(8-11-6-4-3-5-7-11)16-12-9-13(19-15)18-14(17-12)20-2/h3-7,9-10H,8,15H2,1-2H3,(H2,16,17,18,19). The summed E-state index contributed by atoms with van der Waals surface area (Å²) >= 11 is 1.49. The fourth-order valence-electron chi connectivity index (χ4n) is 1.94. The molecule has 0 saturated heterocycles. The Morgan fingerprint density at radius 3 is 2.55 bits per heavy atom. The maximum absolute atomic E-state index is 5.42. The third-order valence-corrected chi connectivity index (χ3v) is 3.36. The smallest absolute Gasteiger partial charge is 0.191 e. The summed E-state index contributed by atoms with van der Waals surface area (Å²) in [6, 6.07) is 12.4. The lowest BCUT2D eigenvalue weighted by Gasteiger charge is -2.15. The molecule has 1 aromatic carbocycles. The van der Waals surface area contributed by atoms with Crippen LogP contribution in [0.15, 0.2) is 41.6 Å². The summed E-state index contributed by atoms with van der Waals surface area (Å²) in [4.78, 5) is 8.66. The molecule has 2 rings (SSSR count). The van der Waals surface area contributed by atoms with Crippen molar-refractivity contribution in [2.24, 2.45) is 5.84 Å². The zero-order valence-electron chi connectivity index (χ0n) is 11.6. The van der Waals surface area contributed by atoms with Gasteiger partial charge in [0, 0.05) is 12.1 Å². The van der Waals surface area contributed by atoms with Crippen LogP contribution in [0.25, 0.3) is 0 Å². The Morgan fingerprint density at radius 2 is 1.90 bits per heavy atom. The largest absolute Gasteiger partial charge is 0.367 e. The van der Waals surface area contributed by atoms with E-state index in [4.69, 9.17) is 5.84 Å². The number of hydrogen-bond donors (Lipinski definition) is 3. The highest BCUT2D eigenvalue weighted by molar-refractivity contribution is 7.98. The van der Waals surface area contributed by atoms with Gasteiger partial charge >= 0.3 is 0 Å². The first kappa shape index (κ1) is 14.6. The van der Waals surface area contributed by atoms with Gasteiger partial charge in [-0.25, -0.2) is 15.8 Å². The van der Waals surface area contributed by atoms with E-state index in [1.807, 2.05) is 12.3 Å². The first-order valence-electron chi connectivity index (χ1n) is 6.41. The van der Waals surface area contributed by atoms with Crippen molar-refractivity contribution in [3.63, 3.8) is 0 Å². The van der Waals surface area contributed by atoms with Gasteiger partial charge in [-0.2, -0.15) is 0 Å². The van der Waals surface area contributed by atoms with Gasteiger partial charge in [-0.15, -0.1) is 0 Å². The average Bonchev–Trinajstić information content (AvgIpc) is 2.47. The Bertz CT molecular complexity index is 524. The molecule has 106 valence electrons. The second kappa shape index (κ2) is 7.12. The third-order valence-electron chi connectivity index (χ3n) is 2.82. The van der Waals surface area contributed by atoms with Crippen LogP contribution in [0.1, 0.15) is 12.5 Å². The van der Waals surface area contributed by atoms with Gasteiger partial charge in [-0.3, -0.25) is 0 Å². The molecule has 0 spiro atoms. The van der Waals surface area contributed by atoms with Crippen LogP contribution in [0.5, 0.6) is 0 Å². The van der Waals surface area contributed by atoms with E-state index in [0.717, 1.165) is 12.2 Å². The van der Waals surface area contributed by atoms with E-state index >= 15 is 0 Å². The summed E-state index contributed by atoms with van der Waals surface area (Å²) in [6.45, 7) is 2.13. The quantitative estimate of drug-likeness (QED) is 0.328. The van der Waals surface area contributed by atoms with Crippen LogP contribution in [0.2, 0.25) is 0 Å². The number of nitrogens with two attached hydrogens (primary N) is 1. The molecule has 1 aromatic heterocycles. The maximum Gasteiger partial charge on any atom is 0.191 e. The van der Waals surface area contributed by atoms with Crippen LogP contribution in [-0.4, -0.2) is 22.3 Å². The molecule has 2 aromatic rings. The lowest BCUT2D eigenvalue weighted by Crippen LogP contribution is -2.20. The van der Waals surface area contributed by atoms with Crippen LogP contribution in [0.3, 0.4) is 0 Å². The van der Waals surface area contributed by atoms with Gasteiger partial charge in [0.1, 0.15) is 11.6 Å². The number of rotatable bonds is 6. The van der Waals surface area contributed by atoms with E-state index in [1.54, 1.807) is 6.07 Å². The summed E-state index contributed by atoms with van der Waals surface area (Å²) < 4.78 is 0. The first-order valence-corrected chi connectivity index (χ1v) is 7.64. The van der Waals surface area contributed by atoms with Gasteiger partial charge in [0.15, 0.2) is 5.16 Å². The summed E-state index contributed by atoms with van der Waals surface area (Å²) in [6.07, 6.45) is 2.87. The molecule has 5 nitrogen and oxygen atoms in total. The highest BCUT2D eigenvalue weighted by atomic mass is 32.2. The third kappa shape index (κ3) is 4.11. The van der Waals surface area contributed by atoms with E-state index in [-0.39, 0.29) is 6.04 Å². The Hall–Kier alpha value is -1.79. The molecular formula is C14H19N5S. The highest BCUT2D eigenvalue weighted by Gasteiger charge is 2.07. The van der Waals surface area contributed by atoms with Crippen molar-refractivity contribution in [1.82, 2.24) is 9.97 Å². The Kier molecular flexibility index (Phi) is 5.20. The summed E-state index contributed by atoms with van der Waals surface area (Å²) in [5.74, 6) is 6.81. The lowest BCUT2D eigenvalue weighted by atomic mass is 10.1. The number of benzene rings is 1. The van der Waals surface area contributed by atoms with E-state index in [2.05, 4.69) is 51.9 Å². The molecule has 0 amide bonds. The number of hydrogen-bond acceptors (Lipinski definition) is 6. The number of hydrazine groups is 1. The van der Waals surface area contributed by atoms with E-state index in [1.165, 1.54) is 17.3 Å². The van der Waals surface area contributed by atoms with Crippen molar-refractivity contribution < 1.29 is 0 Å². The molecule has 1 atom stereocenters. The van der Waals surface area contributed by atoms with Crippen LogP contribution in [0.4, 0.5) is 11.6 Å². The summed E-state index contributed by atoms with van der Waals surface area (Å²) in [5.41, 5.74) is 3.86. The Labute approximate surface area is 123 Å². The molecule has 20 heavy (non-hydrogen) atoms. The topological polar surface area (TPSA) is 75.9 Å². The number of nitrogens with zero attached hydrogens (tertiary/aromatic N) is 2. The second-order valence-electron chi connectivity index (χ2n) is 4.50. The van der Waals surface area contributed by atoms with Gasteiger partial charge in [0.2, 0.25) is 0 Å². The lowest BCUT2D eigenvalue weighted by molar-refractivity contribution is 0.778. The molecule has 1 heterocycles. The average molecular weight is 289 g/mol. The highest BCUT2D eigenvalue weighted by Crippen LogP contribution is 2.17. The fourth-order valence-corrected chi connectivity index (χ4v) is 2.31. The molecule has 0 aliphatic rings. The van der Waals surface area contributed by atoms with E-state index in [9.17, 15) is 0 Å². The number of anilines is 2. The minimum absolute atomic E-state index is 0.271. The fraction of sp³-hybridized carbons (Fsp3) is 0.286. The van der Waals surface area contributed by atoms with Gasteiger partial charge in [0.05, 0.1) is 0 Å². The van der Waals surface area contributed by atoms with Gasteiger partial charge < -0.3 is 10.7 Å². The molecular weight excluding hydrogens is 270 g/mol. The number of nitrogen functional groups attached to an aromatic ring is 1. The Balaban J connectivity index is 2.05. The normalized spacial score (nSPS) is 11.9. The Morgan fingerprint density at radius 1 is 1.20 bits per heavy atom. The van der Waals surface area contributed by atoms with E-state index < -0.39 is 0 Å². The maximum atomic E-state index is 5.42. The van der Waals surface area contributed by atoms with Crippen LogP contribution >= 0.6 is 11.8 Å². The van der Waals surface area contributed by atoms with E-state index in [0.29, 0.717) is 11.0 Å². The minimum Gasteiger partial charge on any atom is -0.367 e. The molecule has 4 N–H and O–H groups in total. The summed E-state index contributed by atoms with van der Waals surface area (Å²) in [5, 5.41) is 4.07. The molecule has 0 saturated carbocycles. The van der Waals surface area contributed by atoms with Crippen molar-refractivity contribution >= 4 is 23.4 Å². The van der Waals surface area contributed by atoms with Crippen LogP contribution in [-0.2, 0) is 6.42 Å². The molecule has 1 unspecified atom stereocenters. The summed E-state index contributed by atoms with van der Waals surface area (Å²) in [7, 11) is 0. The van der Waals surface area contributed by atoms with Crippen LogP contribution in [0, 0.1) is 0 Å². The van der Waals surface area contributed by atoms with Crippen LogP contribution < -0.4 is 16.6 Å².